The van der Waals surface area contributed by atoms with Crippen LogP contribution < -0.4 is 4.74 Å². The van der Waals surface area contributed by atoms with Crippen molar-refractivity contribution in [1.29, 1.82) is 0 Å². The average molecular weight is 446 g/mol. The number of aromatic nitrogens is 3. The molecule has 1 atom stereocenters. The monoisotopic (exact) mass is 445 g/mol. The Morgan fingerprint density at radius 2 is 1.66 bits per heavy atom. The topological polar surface area (TPSA) is 60.2 Å². The number of thioether (sulfide) groups is 1. The molecule has 0 aliphatic heterocycles. The molecule has 0 amide bonds. The third-order valence-corrected chi connectivity index (χ3v) is 6.36. The highest BCUT2D eigenvalue weighted by molar-refractivity contribution is 7.99. The van der Waals surface area contributed by atoms with Crippen molar-refractivity contribution >= 4 is 11.8 Å². The molecule has 4 aromatic rings. The number of rotatable bonds is 8. The largest absolute Gasteiger partial charge is 0.491 e. The number of nitrogens with zero attached hydrogens (tertiary/aromatic N) is 3. The van der Waals surface area contributed by atoms with Crippen molar-refractivity contribution in [3.8, 4) is 22.8 Å². The lowest BCUT2D eigenvalue weighted by atomic mass is 10.1. The van der Waals surface area contributed by atoms with Crippen LogP contribution in [-0.4, -0.2) is 38.3 Å². The molecule has 0 saturated carbocycles. The third-order valence-electron chi connectivity index (χ3n) is 5.28. The van der Waals surface area contributed by atoms with Gasteiger partial charge in [0.25, 0.3) is 0 Å². The van der Waals surface area contributed by atoms with Crippen molar-refractivity contribution < 1.29 is 9.84 Å². The van der Waals surface area contributed by atoms with E-state index >= 15 is 0 Å². The zero-order valence-corrected chi connectivity index (χ0v) is 19.3. The van der Waals surface area contributed by atoms with E-state index in [2.05, 4.69) is 46.8 Å². The molecule has 164 valence electrons. The van der Waals surface area contributed by atoms with Crippen LogP contribution in [0, 0.1) is 20.8 Å². The minimum atomic E-state index is -0.633. The van der Waals surface area contributed by atoms with E-state index in [0.29, 0.717) is 5.75 Å². The molecule has 6 heteroatoms. The fraction of sp³-hybridized carbons (Fsp3) is 0.231. The molecule has 0 saturated heterocycles. The lowest BCUT2D eigenvalue weighted by Gasteiger charge is -2.14. The highest BCUT2D eigenvalue weighted by Gasteiger charge is 2.18. The summed E-state index contributed by atoms with van der Waals surface area (Å²) in [5.74, 6) is 1.98. The van der Waals surface area contributed by atoms with Crippen molar-refractivity contribution in [2.45, 2.75) is 32.0 Å². The van der Waals surface area contributed by atoms with E-state index in [0.717, 1.165) is 28.0 Å². The van der Waals surface area contributed by atoms with Crippen molar-refractivity contribution in [3.63, 3.8) is 0 Å². The number of aliphatic hydroxyl groups is 1. The Kier molecular flexibility index (Phi) is 6.93. The molecule has 0 bridgehead atoms. The smallest absolute Gasteiger partial charge is 0.196 e. The molecule has 0 radical (unpaired) electrons. The first-order valence-corrected chi connectivity index (χ1v) is 11.6. The van der Waals surface area contributed by atoms with Crippen LogP contribution in [0.4, 0.5) is 0 Å². The van der Waals surface area contributed by atoms with Gasteiger partial charge in [0.1, 0.15) is 12.4 Å². The van der Waals surface area contributed by atoms with Gasteiger partial charge in [-0.1, -0.05) is 65.9 Å². The number of benzene rings is 3. The first-order chi connectivity index (χ1) is 15.5. The van der Waals surface area contributed by atoms with Gasteiger partial charge in [-0.2, -0.15) is 0 Å². The summed E-state index contributed by atoms with van der Waals surface area (Å²) < 4.78 is 7.78. The summed E-state index contributed by atoms with van der Waals surface area (Å²) in [5.41, 5.74) is 5.62. The van der Waals surface area contributed by atoms with Gasteiger partial charge in [0, 0.05) is 11.3 Å². The van der Waals surface area contributed by atoms with Crippen LogP contribution in [0.2, 0.25) is 0 Å². The van der Waals surface area contributed by atoms with Gasteiger partial charge in [-0.15, -0.1) is 10.2 Å². The van der Waals surface area contributed by atoms with Gasteiger partial charge >= 0.3 is 0 Å². The van der Waals surface area contributed by atoms with Crippen LogP contribution in [0.15, 0.2) is 78.0 Å². The molecule has 0 aliphatic rings. The van der Waals surface area contributed by atoms with Crippen LogP contribution in [-0.2, 0) is 0 Å². The number of hydrogen-bond acceptors (Lipinski definition) is 5. The van der Waals surface area contributed by atoms with Gasteiger partial charge in [-0.3, -0.25) is 4.57 Å². The number of aliphatic hydroxyl groups excluding tert-OH is 1. The Balaban J connectivity index is 1.53. The van der Waals surface area contributed by atoms with E-state index in [9.17, 15) is 5.11 Å². The second-order valence-electron chi connectivity index (χ2n) is 7.87. The molecular weight excluding hydrogens is 418 g/mol. The molecule has 0 aliphatic carbocycles. The van der Waals surface area contributed by atoms with E-state index in [1.807, 2.05) is 61.5 Å². The van der Waals surface area contributed by atoms with Gasteiger partial charge in [0.2, 0.25) is 0 Å². The molecule has 4 rings (SSSR count). The van der Waals surface area contributed by atoms with E-state index in [-0.39, 0.29) is 6.61 Å². The number of hydrogen-bond donors (Lipinski definition) is 1. The Bertz CT molecular complexity index is 1170. The zero-order chi connectivity index (χ0) is 22.5. The maximum Gasteiger partial charge on any atom is 0.196 e. The quantitative estimate of drug-likeness (QED) is 0.368. The predicted octanol–water partition coefficient (Wildman–Crippen LogP) is 5.39. The van der Waals surface area contributed by atoms with Gasteiger partial charge in [-0.25, -0.2) is 0 Å². The second kappa shape index (κ2) is 10.0. The first-order valence-electron chi connectivity index (χ1n) is 10.6. The minimum Gasteiger partial charge on any atom is -0.491 e. The van der Waals surface area contributed by atoms with E-state index in [1.165, 1.54) is 28.5 Å². The number of aryl methyl sites for hydroxylation is 3. The summed E-state index contributed by atoms with van der Waals surface area (Å²) in [4.78, 5) is 0. The van der Waals surface area contributed by atoms with Crippen LogP contribution in [0.3, 0.4) is 0 Å². The van der Waals surface area contributed by atoms with Gasteiger partial charge in [-0.05, 0) is 56.2 Å². The highest BCUT2D eigenvalue weighted by atomic mass is 32.2. The van der Waals surface area contributed by atoms with Crippen LogP contribution >= 0.6 is 11.8 Å². The van der Waals surface area contributed by atoms with Gasteiger partial charge in [0.15, 0.2) is 11.0 Å². The SMILES string of the molecule is Cc1ccc(OC[C@@H](O)CSc2nnc(-c3ccccc3)n2-c2ccc(C)c(C)c2)cc1. The second-order valence-corrected chi connectivity index (χ2v) is 8.85. The summed E-state index contributed by atoms with van der Waals surface area (Å²) in [6, 6.07) is 24.2. The highest BCUT2D eigenvalue weighted by Crippen LogP contribution is 2.29. The summed E-state index contributed by atoms with van der Waals surface area (Å²) >= 11 is 1.47. The summed E-state index contributed by atoms with van der Waals surface area (Å²) in [6.07, 6.45) is -0.633. The van der Waals surface area contributed by atoms with Gasteiger partial charge in [0.05, 0.1) is 11.8 Å². The average Bonchev–Trinajstić information content (AvgIpc) is 3.23. The molecule has 0 unspecified atom stereocenters. The lowest BCUT2D eigenvalue weighted by molar-refractivity contribution is 0.126. The third kappa shape index (κ3) is 5.21. The van der Waals surface area contributed by atoms with E-state index in [1.54, 1.807) is 0 Å². The van der Waals surface area contributed by atoms with Crippen molar-refractivity contribution in [2.75, 3.05) is 12.4 Å². The van der Waals surface area contributed by atoms with Crippen molar-refractivity contribution in [1.82, 2.24) is 14.8 Å². The molecule has 32 heavy (non-hydrogen) atoms. The van der Waals surface area contributed by atoms with Crippen LogP contribution in [0.25, 0.3) is 17.1 Å². The van der Waals surface area contributed by atoms with Gasteiger partial charge < -0.3 is 9.84 Å². The molecular formula is C26H27N3O2S. The summed E-state index contributed by atoms with van der Waals surface area (Å²) in [7, 11) is 0. The Labute approximate surface area is 193 Å². The molecule has 3 aromatic carbocycles. The Morgan fingerprint density at radius 1 is 0.906 bits per heavy atom. The molecule has 1 heterocycles. The fourth-order valence-electron chi connectivity index (χ4n) is 3.28. The fourth-order valence-corrected chi connectivity index (χ4v) is 4.14. The Morgan fingerprint density at radius 3 is 2.38 bits per heavy atom. The minimum absolute atomic E-state index is 0.222. The summed E-state index contributed by atoms with van der Waals surface area (Å²) in [5, 5.41) is 20.1. The molecule has 0 fully saturated rings. The Hall–Kier alpha value is -3.09. The summed E-state index contributed by atoms with van der Waals surface area (Å²) in [6.45, 7) is 6.46. The van der Waals surface area contributed by atoms with Crippen molar-refractivity contribution in [3.05, 3.63) is 89.5 Å². The zero-order valence-electron chi connectivity index (χ0n) is 18.5. The molecule has 1 N–H and O–H groups in total. The molecule has 5 nitrogen and oxygen atoms in total. The van der Waals surface area contributed by atoms with Crippen LogP contribution in [0.1, 0.15) is 16.7 Å². The van der Waals surface area contributed by atoms with E-state index in [4.69, 9.17) is 4.74 Å². The van der Waals surface area contributed by atoms with Crippen molar-refractivity contribution in [2.24, 2.45) is 0 Å². The van der Waals surface area contributed by atoms with Crippen LogP contribution in [0.5, 0.6) is 5.75 Å². The normalized spacial score (nSPS) is 12.0. The standard InChI is InChI=1S/C26H27N3O2S/c1-18-9-13-24(14-10-18)31-16-23(30)17-32-26-28-27-25(21-7-5-4-6-8-21)29(26)22-12-11-19(2)20(3)15-22/h4-15,23,30H,16-17H2,1-3H3/t23-/m1/s1. The maximum absolute atomic E-state index is 10.5. The lowest BCUT2D eigenvalue weighted by Crippen LogP contribution is -2.20. The van der Waals surface area contributed by atoms with E-state index < -0.39 is 6.10 Å². The first kappa shape index (κ1) is 22.1. The molecule has 1 aromatic heterocycles. The number of ether oxygens (including phenoxy) is 1. The predicted molar refractivity (Wildman–Crippen MR) is 130 cm³/mol. The maximum atomic E-state index is 10.5. The molecule has 0 spiro atoms.